The van der Waals surface area contributed by atoms with Crippen molar-refractivity contribution < 1.29 is 9.21 Å². The average molecular weight is 397 g/mol. The second kappa shape index (κ2) is 7.83. The van der Waals surface area contributed by atoms with E-state index in [0.717, 1.165) is 46.4 Å². The first-order valence-corrected chi connectivity index (χ1v) is 10.5. The van der Waals surface area contributed by atoms with Crippen molar-refractivity contribution in [3.63, 3.8) is 0 Å². The summed E-state index contributed by atoms with van der Waals surface area (Å²) in [6.45, 7) is 6.69. The summed E-state index contributed by atoms with van der Waals surface area (Å²) in [5.41, 5.74) is 4.24. The third-order valence-corrected chi connectivity index (χ3v) is 5.82. The summed E-state index contributed by atoms with van der Waals surface area (Å²) in [6.07, 6.45) is 3.96. The number of aryl methyl sites for hydroxylation is 3. The number of hydrogen-bond acceptors (Lipinski definition) is 5. The van der Waals surface area contributed by atoms with E-state index >= 15 is 0 Å². The number of furan rings is 1. The third kappa shape index (κ3) is 4.14. The van der Waals surface area contributed by atoms with Crippen molar-refractivity contribution in [2.45, 2.75) is 51.2 Å². The quantitative estimate of drug-likeness (QED) is 0.597. The fourth-order valence-corrected chi connectivity index (χ4v) is 4.18. The molecule has 7 heteroatoms. The number of rotatable bonds is 7. The van der Waals surface area contributed by atoms with Crippen LogP contribution in [0.3, 0.4) is 0 Å². The van der Waals surface area contributed by atoms with Crippen LogP contribution < -0.4 is 5.32 Å². The lowest BCUT2D eigenvalue weighted by Crippen LogP contribution is -2.16. The first-order chi connectivity index (χ1) is 13.5. The van der Waals surface area contributed by atoms with Crippen LogP contribution in [0.5, 0.6) is 0 Å². The predicted molar refractivity (Wildman–Crippen MR) is 110 cm³/mol. The van der Waals surface area contributed by atoms with E-state index < -0.39 is 0 Å². The second-order valence-corrected chi connectivity index (χ2v) is 8.33. The van der Waals surface area contributed by atoms with Gasteiger partial charge in [0.05, 0.1) is 18.6 Å². The minimum absolute atomic E-state index is 0.0411. The van der Waals surface area contributed by atoms with Crippen molar-refractivity contribution in [3.05, 3.63) is 58.8 Å². The number of carbonyl (C=O) groups is 1. The molecule has 1 N–H and O–H groups in total. The standard InChI is InChI=1S/C21H24N4O2S/c1-13-9-14(2)19(15(3)10-13)22-18(26)12-28-21-24-23-20(16-6-7-16)25(21)11-17-5-4-8-27-17/h4-5,8-10,16H,6-7,11-12H2,1-3H3,(H,22,26). The van der Waals surface area contributed by atoms with Gasteiger partial charge in [-0.25, -0.2) is 0 Å². The minimum atomic E-state index is -0.0411. The Morgan fingerprint density at radius 2 is 2.00 bits per heavy atom. The average Bonchev–Trinajstić information content (AvgIpc) is 3.21. The Balaban J connectivity index is 1.45. The Kier molecular flexibility index (Phi) is 5.26. The molecule has 0 radical (unpaired) electrons. The maximum absolute atomic E-state index is 12.5. The Morgan fingerprint density at radius 3 is 2.64 bits per heavy atom. The highest BCUT2D eigenvalue weighted by Gasteiger charge is 2.30. The molecule has 1 saturated carbocycles. The molecule has 0 unspecified atom stereocenters. The summed E-state index contributed by atoms with van der Waals surface area (Å²) in [5.74, 6) is 2.57. The molecule has 1 aliphatic rings. The zero-order valence-electron chi connectivity index (χ0n) is 16.4. The first kappa shape index (κ1) is 18.8. The van der Waals surface area contributed by atoms with Gasteiger partial charge >= 0.3 is 0 Å². The summed E-state index contributed by atoms with van der Waals surface area (Å²) in [7, 11) is 0. The maximum atomic E-state index is 12.5. The van der Waals surface area contributed by atoms with E-state index in [2.05, 4.69) is 39.1 Å². The van der Waals surface area contributed by atoms with Crippen LogP contribution in [0, 0.1) is 20.8 Å². The monoisotopic (exact) mass is 396 g/mol. The largest absolute Gasteiger partial charge is 0.467 e. The molecule has 1 aromatic carbocycles. The van der Waals surface area contributed by atoms with Crippen LogP contribution in [0.2, 0.25) is 0 Å². The van der Waals surface area contributed by atoms with Crippen molar-refractivity contribution >= 4 is 23.4 Å². The molecule has 0 saturated heterocycles. The topological polar surface area (TPSA) is 73.0 Å². The highest BCUT2D eigenvalue weighted by molar-refractivity contribution is 7.99. The molecule has 2 aromatic heterocycles. The Hall–Kier alpha value is -2.54. The lowest BCUT2D eigenvalue weighted by Gasteiger charge is -2.13. The highest BCUT2D eigenvalue weighted by Crippen LogP contribution is 2.40. The van der Waals surface area contributed by atoms with Crippen LogP contribution in [0.15, 0.2) is 40.1 Å². The molecule has 1 aliphatic carbocycles. The normalized spacial score (nSPS) is 13.7. The first-order valence-electron chi connectivity index (χ1n) is 9.47. The molecule has 0 bridgehead atoms. The molecule has 0 spiro atoms. The lowest BCUT2D eigenvalue weighted by molar-refractivity contribution is -0.113. The number of thioether (sulfide) groups is 1. The van der Waals surface area contributed by atoms with Crippen LogP contribution in [0.1, 0.15) is 47.0 Å². The predicted octanol–water partition coefficient (Wildman–Crippen LogP) is 4.45. The van der Waals surface area contributed by atoms with Gasteiger partial charge in [0, 0.05) is 11.6 Å². The van der Waals surface area contributed by atoms with E-state index in [1.807, 2.05) is 26.0 Å². The van der Waals surface area contributed by atoms with E-state index in [1.54, 1.807) is 6.26 Å². The van der Waals surface area contributed by atoms with Gasteiger partial charge in [-0.2, -0.15) is 0 Å². The number of carbonyl (C=O) groups excluding carboxylic acids is 1. The van der Waals surface area contributed by atoms with Crippen molar-refractivity contribution in [1.29, 1.82) is 0 Å². The van der Waals surface area contributed by atoms with Gasteiger partial charge in [-0.1, -0.05) is 29.5 Å². The Labute approximate surface area is 168 Å². The van der Waals surface area contributed by atoms with Gasteiger partial charge in [-0.3, -0.25) is 9.36 Å². The molecule has 0 aliphatic heterocycles. The van der Waals surface area contributed by atoms with Crippen molar-refractivity contribution in [3.8, 4) is 0 Å². The zero-order valence-corrected chi connectivity index (χ0v) is 17.2. The number of amides is 1. The van der Waals surface area contributed by atoms with E-state index in [0.29, 0.717) is 12.5 Å². The van der Waals surface area contributed by atoms with Crippen LogP contribution in [0.25, 0.3) is 0 Å². The summed E-state index contributed by atoms with van der Waals surface area (Å²) in [5, 5.41) is 12.5. The molecule has 28 heavy (non-hydrogen) atoms. The van der Waals surface area contributed by atoms with Crippen LogP contribution in [-0.2, 0) is 11.3 Å². The zero-order chi connectivity index (χ0) is 19.7. The molecule has 3 aromatic rings. The summed E-state index contributed by atoms with van der Waals surface area (Å²) in [6, 6.07) is 7.99. The van der Waals surface area contributed by atoms with Crippen LogP contribution in [-0.4, -0.2) is 26.4 Å². The van der Waals surface area contributed by atoms with Crippen LogP contribution >= 0.6 is 11.8 Å². The van der Waals surface area contributed by atoms with Gasteiger partial charge in [0.1, 0.15) is 11.6 Å². The number of nitrogens with one attached hydrogen (secondary N) is 1. The van der Waals surface area contributed by atoms with Gasteiger partial charge in [-0.05, 0) is 56.9 Å². The maximum Gasteiger partial charge on any atom is 0.234 e. The van der Waals surface area contributed by atoms with E-state index in [1.165, 1.54) is 17.3 Å². The van der Waals surface area contributed by atoms with Crippen LogP contribution in [0.4, 0.5) is 5.69 Å². The fourth-order valence-electron chi connectivity index (χ4n) is 3.44. The fraction of sp³-hybridized carbons (Fsp3) is 0.381. The van der Waals surface area contributed by atoms with Crippen molar-refractivity contribution in [2.24, 2.45) is 0 Å². The van der Waals surface area contributed by atoms with E-state index in [-0.39, 0.29) is 11.7 Å². The number of benzene rings is 1. The molecule has 1 fully saturated rings. The smallest absolute Gasteiger partial charge is 0.234 e. The summed E-state index contributed by atoms with van der Waals surface area (Å²) < 4.78 is 7.57. The number of hydrogen-bond donors (Lipinski definition) is 1. The molecule has 1 amide bonds. The number of nitrogens with zero attached hydrogens (tertiary/aromatic N) is 3. The lowest BCUT2D eigenvalue weighted by atomic mass is 10.1. The van der Waals surface area contributed by atoms with Gasteiger partial charge < -0.3 is 9.73 Å². The van der Waals surface area contributed by atoms with E-state index in [9.17, 15) is 4.79 Å². The molecule has 0 atom stereocenters. The molecule has 2 heterocycles. The second-order valence-electron chi connectivity index (χ2n) is 7.39. The summed E-state index contributed by atoms with van der Waals surface area (Å²) in [4.78, 5) is 12.5. The Morgan fingerprint density at radius 1 is 1.25 bits per heavy atom. The van der Waals surface area contributed by atoms with Crippen molar-refractivity contribution in [1.82, 2.24) is 14.8 Å². The van der Waals surface area contributed by atoms with E-state index in [4.69, 9.17) is 4.42 Å². The third-order valence-electron chi connectivity index (χ3n) is 4.86. The summed E-state index contributed by atoms with van der Waals surface area (Å²) >= 11 is 1.41. The molecule has 6 nitrogen and oxygen atoms in total. The molecular formula is C21H24N4O2S. The molecular weight excluding hydrogens is 372 g/mol. The van der Waals surface area contributed by atoms with Gasteiger partial charge in [0.25, 0.3) is 0 Å². The molecule has 146 valence electrons. The highest BCUT2D eigenvalue weighted by atomic mass is 32.2. The van der Waals surface area contributed by atoms with Gasteiger partial charge in [-0.15, -0.1) is 10.2 Å². The SMILES string of the molecule is Cc1cc(C)c(NC(=O)CSc2nnc(C3CC3)n2Cc2ccco2)c(C)c1. The van der Waals surface area contributed by atoms with Gasteiger partial charge in [0.2, 0.25) is 5.91 Å². The number of anilines is 1. The van der Waals surface area contributed by atoms with Gasteiger partial charge in [0.15, 0.2) is 5.16 Å². The van der Waals surface area contributed by atoms with Crippen molar-refractivity contribution in [2.75, 3.05) is 11.1 Å². The molecule has 4 rings (SSSR count). The number of aromatic nitrogens is 3. The Bertz CT molecular complexity index is 967. The minimum Gasteiger partial charge on any atom is -0.467 e.